The van der Waals surface area contributed by atoms with Crippen molar-refractivity contribution in [1.29, 1.82) is 0 Å². The van der Waals surface area contributed by atoms with Crippen molar-refractivity contribution in [3.63, 3.8) is 0 Å². The quantitative estimate of drug-likeness (QED) is 0.526. The normalized spacial score (nSPS) is 19.5. The van der Waals surface area contributed by atoms with Crippen LogP contribution in [0.2, 0.25) is 0 Å². The molecule has 6 rings (SSSR count). The average molecular weight is 525 g/mol. The highest BCUT2D eigenvalue weighted by molar-refractivity contribution is 7.89. The van der Waals surface area contributed by atoms with E-state index >= 15 is 0 Å². The van der Waals surface area contributed by atoms with Gasteiger partial charge >= 0.3 is 6.03 Å². The third-order valence-corrected chi connectivity index (χ3v) is 9.27. The van der Waals surface area contributed by atoms with Gasteiger partial charge in [-0.25, -0.2) is 18.5 Å². The summed E-state index contributed by atoms with van der Waals surface area (Å²) in [5.74, 6) is 0.868. The summed E-state index contributed by atoms with van der Waals surface area (Å²) in [4.78, 5) is 14.3. The number of rotatable bonds is 4. The summed E-state index contributed by atoms with van der Waals surface area (Å²) in [6, 6.07) is 17.3. The van der Waals surface area contributed by atoms with Gasteiger partial charge in [-0.05, 0) is 53.1 Å². The zero-order valence-electron chi connectivity index (χ0n) is 20.5. The third-order valence-electron chi connectivity index (χ3n) is 7.48. The van der Waals surface area contributed by atoms with Crippen molar-refractivity contribution in [2.75, 3.05) is 39.4 Å². The first-order chi connectivity index (χ1) is 17.9. The monoisotopic (exact) mass is 524 g/mol. The number of urea groups is 1. The van der Waals surface area contributed by atoms with Crippen molar-refractivity contribution in [3.05, 3.63) is 66.4 Å². The predicted molar refractivity (Wildman–Crippen MR) is 135 cm³/mol. The summed E-state index contributed by atoms with van der Waals surface area (Å²) >= 11 is 0. The Morgan fingerprint density at radius 2 is 1.65 bits per heavy atom. The number of carbonyl (C=O) groups excluding carboxylic acids is 1. The number of furan rings is 1. The van der Waals surface area contributed by atoms with Crippen LogP contribution in [0.15, 0.2) is 70.4 Å². The van der Waals surface area contributed by atoms with Gasteiger partial charge in [0.15, 0.2) is 0 Å². The molecule has 0 atom stereocenters. The molecule has 9 nitrogen and oxygen atoms in total. The summed E-state index contributed by atoms with van der Waals surface area (Å²) in [7, 11) is -3.61. The fourth-order valence-electron chi connectivity index (χ4n) is 5.35. The smallest absolute Gasteiger partial charge is 0.421 e. The molecule has 3 aromatic rings. The second-order valence-corrected chi connectivity index (χ2v) is 11.7. The lowest BCUT2D eigenvalue weighted by Crippen LogP contribution is -2.86. The molecule has 194 valence electrons. The Balaban J connectivity index is 1.10. The molecule has 10 heteroatoms. The number of fused-ring (bicyclic) bond motifs is 1. The number of amides is 2. The van der Waals surface area contributed by atoms with E-state index in [2.05, 4.69) is 6.07 Å². The summed E-state index contributed by atoms with van der Waals surface area (Å²) in [6.07, 6.45) is 3.38. The maximum atomic E-state index is 12.8. The van der Waals surface area contributed by atoms with Gasteiger partial charge in [-0.15, -0.1) is 0 Å². The van der Waals surface area contributed by atoms with E-state index in [0.29, 0.717) is 52.2 Å². The van der Waals surface area contributed by atoms with Crippen molar-refractivity contribution < 1.29 is 32.4 Å². The van der Waals surface area contributed by atoms with E-state index in [-0.39, 0.29) is 16.7 Å². The van der Waals surface area contributed by atoms with Gasteiger partial charge in [0.05, 0.1) is 19.5 Å². The lowest BCUT2D eigenvalue weighted by molar-refractivity contribution is -0.473. The van der Waals surface area contributed by atoms with Gasteiger partial charge in [0.2, 0.25) is 5.09 Å². The Hall–Kier alpha value is -3.18. The number of carbonyl (C=O) groups is 1. The Morgan fingerprint density at radius 1 is 0.919 bits per heavy atom. The number of hydrogen-bond donors (Lipinski definition) is 1. The van der Waals surface area contributed by atoms with Crippen molar-refractivity contribution >= 4 is 21.7 Å². The summed E-state index contributed by atoms with van der Waals surface area (Å²) in [6.45, 7) is 3.22. The van der Waals surface area contributed by atoms with Gasteiger partial charge < -0.3 is 13.9 Å². The van der Waals surface area contributed by atoms with Crippen LogP contribution < -0.4 is 10.1 Å². The molecule has 2 saturated heterocycles. The van der Waals surface area contributed by atoms with Crippen LogP contribution in [0.4, 0.5) is 10.5 Å². The molecule has 2 aromatic carbocycles. The van der Waals surface area contributed by atoms with E-state index in [9.17, 15) is 13.2 Å². The number of benzene rings is 2. The van der Waals surface area contributed by atoms with Crippen LogP contribution in [-0.4, -0.2) is 68.6 Å². The molecule has 3 aliphatic rings. The molecule has 4 heterocycles. The molecule has 37 heavy (non-hydrogen) atoms. The predicted octanol–water partition coefficient (Wildman–Crippen LogP) is 2.75. The molecule has 0 unspecified atom stereocenters. The largest absolute Gasteiger partial charge is 0.487 e. The third kappa shape index (κ3) is 4.77. The lowest BCUT2D eigenvalue weighted by atomic mass is 9.87. The van der Waals surface area contributed by atoms with Crippen molar-refractivity contribution in [3.8, 4) is 16.9 Å². The molecule has 2 N–H and O–H groups in total. The van der Waals surface area contributed by atoms with Gasteiger partial charge in [-0.3, -0.25) is 4.90 Å². The van der Waals surface area contributed by atoms with Gasteiger partial charge in [0.25, 0.3) is 10.0 Å². The number of nitrogens with zero attached hydrogens (tertiary/aromatic N) is 2. The Kier molecular flexibility index (Phi) is 6.28. The summed E-state index contributed by atoms with van der Waals surface area (Å²) in [5, 5.41) is 1.66. The van der Waals surface area contributed by atoms with E-state index in [0.717, 1.165) is 34.5 Å². The van der Waals surface area contributed by atoms with E-state index in [1.807, 2.05) is 41.3 Å². The zero-order chi connectivity index (χ0) is 25.5. The molecule has 2 fully saturated rings. The van der Waals surface area contributed by atoms with Crippen LogP contribution in [0.25, 0.3) is 11.1 Å². The van der Waals surface area contributed by atoms with E-state index < -0.39 is 10.0 Å². The summed E-state index contributed by atoms with van der Waals surface area (Å²) < 4.78 is 43.9. The lowest BCUT2D eigenvalue weighted by Gasteiger charge is -2.37. The topological polar surface area (TPSA) is 106 Å². The highest BCUT2D eigenvalue weighted by Gasteiger charge is 2.44. The average Bonchev–Trinajstić information content (AvgIpc) is 3.58. The number of ether oxygens (including phenoxy) is 2. The molecule has 3 aliphatic heterocycles. The number of nitrogens with two attached hydrogens (primary N) is 1. The minimum Gasteiger partial charge on any atom is -0.487 e. The van der Waals surface area contributed by atoms with Gasteiger partial charge in [-0.2, -0.15) is 4.31 Å². The molecule has 1 aromatic heterocycles. The van der Waals surface area contributed by atoms with Crippen molar-refractivity contribution in [2.45, 2.75) is 30.0 Å². The van der Waals surface area contributed by atoms with Crippen LogP contribution in [0.5, 0.6) is 5.75 Å². The number of quaternary nitrogens is 1. The van der Waals surface area contributed by atoms with Crippen molar-refractivity contribution in [2.24, 2.45) is 0 Å². The highest BCUT2D eigenvalue weighted by Crippen LogP contribution is 2.43. The van der Waals surface area contributed by atoms with Crippen LogP contribution in [0, 0.1) is 0 Å². The fourth-order valence-corrected chi connectivity index (χ4v) is 6.70. The van der Waals surface area contributed by atoms with Gasteiger partial charge in [0, 0.05) is 57.6 Å². The molecule has 1 spiro atoms. The van der Waals surface area contributed by atoms with E-state index in [1.165, 1.54) is 16.6 Å². The second kappa shape index (κ2) is 9.60. The Bertz CT molecular complexity index is 1370. The maximum absolute atomic E-state index is 12.8. The minimum absolute atomic E-state index is 0.0130. The van der Waals surface area contributed by atoms with Crippen LogP contribution >= 0.6 is 0 Å². The Labute approximate surface area is 216 Å². The van der Waals surface area contributed by atoms with Gasteiger partial charge in [0.1, 0.15) is 17.0 Å². The second-order valence-electron chi connectivity index (χ2n) is 9.82. The molecule has 0 aliphatic carbocycles. The SMILES string of the molecule is O=C([NH2+]c1ccc(-c2ccc3c(c2)CC2(CCN(S(=O)(=O)c4ccco4)CC2)O3)cc1)N1CCOCC1. The minimum atomic E-state index is -3.61. The molecule has 0 radical (unpaired) electrons. The number of sulfonamides is 1. The highest BCUT2D eigenvalue weighted by atomic mass is 32.2. The maximum Gasteiger partial charge on any atom is 0.421 e. The Morgan fingerprint density at radius 3 is 2.35 bits per heavy atom. The molecule has 0 saturated carbocycles. The van der Waals surface area contributed by atoms with E-state index in [1.54, 1.807) is 11.4 Å². The standard InChI is InChI=1S/C27H29N3O6S/c31-26(29-13-16-34-17-14-29)28-23-6-3-20(4-7-23)21-5-8-24-22(18-21)19-27(36-24)9-11-30(12-10-27)37(32,33)25-2-1-15-35-25/h1-8,15,18H,9-14,16-17,19H2,(H,28,31)/p+1. The van der Waals surface area contributed by atoms with Crippen LogP contribution in [0.3, 0.4) is 0 Å². The van der Waals surface area contributed by atoms with Crippen LogP contribution in [0.1, 0.15) is 18.4 Å². The molecular weight excluding hydrogens is 494 g/mol. The fraction of sp³-hybridized carbons (Fsp3) is 0.370. The number of hydrogen-bond acceptors (Lipinski definition) is 6. The molecular formula is C27H30N3O6S+. The molecule has 2 amide bonds. The number of piperidine rings is 1. The number of primary amides is 1. The van der Waals surface area contributed by atoms with Crippen LogP contribution in [-0.2, 0) is 21.2 Å². The zero-order valence-corrected chi connectivity index (χ0v) is 21.3. The summed E-state index contributed by atoms with van der Waals surface area (Å²) in [5.41, 5.74) is 3.79. The van der Waals surface area contributed by atoms with Gasteiger partial charge in [-0.1, -0.05) is 6.07 Å². The number of morpholine rings is 1. The first-order valence-corrected chi connectivity index (χ1v) is 14.0. The first-order valence-electron chi connectivity index (χ1n) is 12.6. The van der Waals surface area contributed by atoms with E-state index in [4.69, 9.17) is 13.9 Å². The van der Waals surface area contributed by atoms with Crippen molar-refractivity contribution in [1.82, 2.24) is 9.21 Å². The first kappa shape index (κ1) is 24.2. The molecule has 0 bridgehead atoms.